The Morgan fingerprint density at radius 1 is 1.35 bits per heavy atom. The van der Waals surface area contributed by atoms with E-state index >= 15 is 0 Å². The maximum atomic E-state index is 5.07. The molecule has 0 aliphatic heterocycles. The second kappa shape index (κ2) is 6.00. The first-order chi connectivity index (χ1) is 8.38. The molecule has 1 N–H and O–H groups in total. The molecular weight excluding hydrogens is 216 g/mol. The van der Waals surface area contributed by atoms with E-state index in [1.54, 1.807) is 13.3 Å². The molecule has 90 valence electrons. The first kappa shape index (κ1) is 11.6. The number of methoxy groups -OCH3 is 1. The molecule has 0 amide bonds. The topological polar surface area (TPSA) is 52.0 Å². The Hall–Kier alpha value is -1.88. The van der Waals surface area contributed by atoms with Crippen LogP contribution >= 0.6 is 0 Å². The Bertz CT molecular complexity index is 442. The van der Waals surface area contributed by atoms with Crippen molar-refractivity contribution < 1.29 is 4.74 Å². The lowest BCUT2D eigenvalue weighted by Gasteiger charge is -2.05. The van der Waals surface area contributed by atoms with Crippen molar-refractivity contribution in [1.29, 1.82) is 0 Å². The number of nitrogens with zero attached hydrogens (tertiary/aromatic N) is 3. The molecule has 2 aromatic heterocycles. The number of nitrogens with one attached hydrogen (secondary N) is 1. The van der Waals surface area contributed by atoms with E-state index in [-0.39, 0.29) is 0 Å². The summed E-state index contributed by atoms with van der Waals surface area (Å²) < 4.78 is 6.96. The van der Waals surface area contributed by atoms with Crippen molar-refractivity contribution in [3.05, 3.63) is 42.4 Å². The highest BCUT2D eigenvalue weighted by molar-refractivity contribution is 5.15. The van der Waals surface area contributed by atoms with Gasteiger partial charge in [0.05, 0.1) is 19.3 Å². The fourth-order valence-corrected chi connectivity index (χ4v) is 1.51. The van der Waals surface area contributed by atoms with Gasteiger partial charge in [-0.15, -0.1) is 0 Å². The van der Waals surface area contributed by atoms with Crippen LogP contribution in [-0.2, 0) is 13.1 Å². The molecule has 2 heterocycles. The fourth-order valence-electron chi connectivity index (χ4n) is 1.51. The molecule has 0 aliphatic carbocycles. The summed E-state index contributed by atoms with van der Waals surface area (Å²) in [5.74, 6) is 0.649. The van der Waals surface area contributed by atoms with Crippen LogP contribution < -0.4 is 10.1 Å². The Morgan fingerprint density at radius 3 is 3.06 bits per heavy atom. The third kappa shape index (κ3) is 3.57. The van der Waals surface area contributed by atoms with Gasteiger partial charge in [-0.2, -0.15) is 5.10 Å². The van der Waals surface area contributed by atoms with Gasteiger partial charge in [0.1, 0.15) is 0 Å². The Kier molecular flexibility index (Phi) is 4.10. The van der Waals surface area contributed by atoms with Gasteiger partial charge in [-0.1, -0.05) is 6.07 Å². The van der Waals surface area contributed by atoms with Gasteiger partial charge in [-0.3, -0.25) is 4.68 Å². The molecule has 0 unspecified atom stereocenters. The average Bonchev–Trinajstić information content (AvgIpc) is 2.88. The molecule has 5 nitrogen and oxygen atoms in total. The lowest BCUT2D eigenvalue weighted by atomic mass is 10.3. The van der Waals surface area contributed by atoms with Crippen molar-refractivity contribution in [1.82, 2.24) is 20.1 Å². The molecule has 5 heteroatoms. The maximum Gasteiger partial charge on any atom is 0.213 e. The van der Waals surface area contributed by atoms with Gasteiger partial charge in [0.15, 0.2) is 0 Å². The summed E-state index contributed by atoms with van der Waals surface area (Å²) in [6, 6.07) is 7.68. The SMILES string of the molecule is COc1cccc(CNCCn2cccn2)n1. The highest BCUT2D eigenvalue weighted by atomic mass is 16.5. The second-order valence-electron chi connectivity index (χ2n) is 3.62. The van der Waals surface area contributed by atoms with Gasteiger partial charge >= 0.3 is 0 Å². The van der Waals surface area contributed by atoms with Crippen LogP contribution in [0, 0.1) is 0 Å². The highest BCUT2D eigenvalue weighted by Crippen LogP contribution is 2.05. The van der Waals surface area contributed by atoms with Crippen molar-refractivity contribution in [2.45, 2.75) is 13.1 Å². The predicted molar refractivity (Wildman–Crippen MR) is 64.7 cm³/mol. The second-order valence-corrected chi connectivity index (χ2v) is 3.62. The van der Waals surface area contributed by atoms with Gasteiger partial charge < -0.3 is 10.1 Å². The third-order valence-electron chi connectivity index (χ3n) is 2.37. The molecule has 2 rings (SSSR count). The summed E-state index contributed by atoms with van der Waals surface area (Å²) in [5.41, 5.74) is 0.977. The van der Waals surface area contributed by atoms with E-state index in [4.69, 9.17) is 4.74 Å². The van der Waals surface area contributed by atoms with Crippen LogP contribution in [-0.4, -0.2) is 28.4 Å². The average molecular weight is 232 g/mol. The first-order valence-corrected chi connectivity index (χ1v) is 5.56. The van der Waals surface area contributed by atoms with Crippen molar-refractivity contribution in [2.24, 2.45) is 0 Å². The Balaban J connectivity index is 1.74. The van der Waals surface area contributed by atoms with Crippen molar-refractivity contribution in [2.75, 3.05) is 13.7 Å². The van der Waals surface area contributed by atoms with Gasteiger partial charge in [-0.05, 0) is 12.1 Å². The van der Waals surface area contributed by atoms with E-state index in [1.165, 1.54) is 0 Å². The first-order valence-electron chi connectivity index (χ1n) is 5.56. The van der Waals surface area contributed by atoms with E-state index in [0.29, 0.717) is 5.88 Å². The minimum Gasteiger partial charge on any atom is -0.481 e. The zero-order valence-electron chi connectivity index (χ0n) is 9.84. The molecular formula is C12H16N4O. The Morgan fingerprint density at radius 2 is 2.29 bits per heavy atom. The van der Waals surface area contributed by atoms with Gasteiger partial charge in [0, 0.05) is 31.5 Å². The molecule has 0 spiro atoms. The van der Waals surface area contributed by atoms with Gasteiger partial charge in [0.2, 0.25) is 5.88 Å². The summed E-state index contributed by atoms with van der Waals surface area (Å²) in [6.07, 6.45) is 3.73. The van der Waals surface area contributed by atoms with E-state index in [0.717, 1.165) is 25.3 Å². The van der Waals surface area contributed by atoms with Crippen LogP contribution in [0.1, 0.15) is 5.69 Å². The van der Waals surface area contributed by atoms with Crippen LogP contribution in [0.3, 0.4) is 0 Å². The van der Waals surface area contributed by atoms with E-state index < -0.39 is 0 Å². The molecule has 0 fully saturated rings. The highest BCUT2D eigenvalue weighted by Gasteiger charge is 1.97. The standard InChI is InChI=1S/C12H16N4O/c1-17-12-5-2-4-11(15-12)10-13-7-9-16-8-3-6-14-16/h2-6,8,13H,7,9-10H2,1H3. The van der Waals surface area contributed by atoms with Crippen molar-refractivity contribution >= 4 is 0 Å². The summed E-state index contributed by atoms with van der Waals surface area (Å²) in [6.45, 7) is 2.45. The lowest BCUT2D eigenvalue weighted by Crippen LogP contribution is -2.20. The number of hydrogen-bond donors (Lipinski definition) is 1. The van der Waals surface area contributed by atoms with Crippen LogP contribution in [0.2, 0.25) is 0 Å². The predicted octanol–water partition coefficient (Wildman–Crippen LogP) is 1.08. The molecule has 0 atom stereocenters. The fraction of sp³-hybridized carbons (Fsp3) is 0.333. The zero-order valence-corrected chi connectivity index (χ0v) is 9.84. The number of pyridine rings is 1. The zero-order chi connectivity index (χ0) is 11.9. The van der Waals surface area contributed by atoms with Crippen LogP contribution in [0.5, 0.6) is 5.88 Å². The lowest BCUT2D eigenvalue weighted by molar-refractivity contribution is 0.395. The summed E-state index contributed by atoms with van der Waals surface area (Å²) in [5, 5.41) is 7.44. The normalized spacial score (nSPS) is 10.4. The third-order valence-corrected chi connectivity index (χ3v) is 2.37. The van der Waals surface area contributed by atoms with Crippen molar-refractivity contribution in [3.63, 3.8) is 0 Å². The quantitative estimate of drug-likeness (QED) is 0.757. The number of ether oxygens (including phenoxy) is 1. The van der Waals surface area contributed by atoms with Crippen molar-refractivity contribution in [3.8, 4) is 5.88 Å². The van der Waals surface area contributed by atoms with Crippen LogP contribution in [0.25, 0.3) is 0 Å². The Labute approximate surface area is 100 Å². The molecule has 0 radical (unpaired) electrons. The minimum atomic E-state index is 0.649. The van der Waals surface area contributed by atoms with Crippen LogP contribution in [0.15, 0.2) is 36.7 Å². The number of aromatic nitrogens is 3. The summed E-state index contributed by atoms with van der Waals surface area (Å²) in [7, 11) is 1.62. The van der Waals surface area contributed by atoms with E-state index in [9.17, 15) is 0 Å². The molecule has 0 saturated heterocycles. The smallest absolute Gasteiger partial charge is 0.213 e. The molecule has 17 heavy (non-hydrogen) atoms. The van der Waals surface area contributed by atoms with E-state index in [2.05, 4.69) is 15.4 Å². The summed E-state index contributed by atoms with van der Waals surface area (Å²) >= 11 is 0. The monoisotopic (exact) mass is 232 g/mol. The molecule has 2 aromatic rings. The van der Waals surface area contributed by atoms with Gasteiger partial charge in [0.25, 0.3) is 0 Å². The molecule has 0 aliphatic rings. The summed E-state index contributed by atoms with van der Waals surface area (Å²) in [4.78, 5) is 4.32. The maximum absolute atomic E-state index is 5.07. The van der Waals surface area contributed by atoms with Crippen LogP contribution in [0.4, 0.5) is 0 Å². The van der Waals surface area contributed by atoms with E-state index in [1.807, 2.05) is 35.1 Å². The minimum absolute atomic E-state index is 0.649. The largest absolute Gasteiger partial charge is 0.481 e. The number of hydrogen-bond acceptors (Lipinski definition) is 4. The van der Waals surface area contributed by atoms with Gasteiger partial charge in [-0.25, -0.2) is 4.98 Å². The molecule has 0 saturated carbocycles. The molecule has 0 bridgehead atoms. The number of rotatable bonds is 6. The molecule has 0 aromatic carbocycles.